The van der Waals surface area contributed by atoms with E-state index in [2.05, 4.69) is 17.4 Å². The van der Waals surface area contributed by atoms with Gasteiger partial charge in [0.05, 0.1) is 12.3 Å². The fourth-order valence-corrected chi connectivity index (χ4v) is 5.72. The molecular weight excluding hydrogens is 474 g/mol. The molecule has 2 aliphatic carbocycles. The van der Waals surface area contributed by atoms with Gasteiger partial charge in [-0.1, -0.05) is 61.9 Å². The van der Waals surface area contributed by atoms with Crippen molar-refractivity contribution >= 4 is 29.1 Å². The Labute approximate surface area is 217 Å². The van der Waals surface area contributed by atoms with Crippen LogP contribution in [-0.4, -0.2) is 34.4 Å². The molecule has 1 aromatic carbocycles. The molecule has 0 radical (unpaired) electrons. The number of esters is 1. The fraction of sp³-hybridized carbons (Fsp3) is 0.483. The van der Waals surface area contributed by atoms with E-state index in [0.717, 1.165) is 50.0 Å². The van der Waals surface area contributed by atoms with Crippen molar-refractivity contribution in [2.75, 3.05) is 13.2 Å². The number of hydrogen-bond donors (Lipinski definition) is 1. The summed E-state index contributed by atoms with van der Waals surface area (Å²) < 4.78 is 7.16. The number of nitrogens with one attached hydrogen (secondary N) is 1. The monoisotopic (exact) mass is 507 g/mol. The number of nitrogens with zero attached hydrogens (tertiary/aromatic N) is 2. The van der Waals surface area contributed by atoms with Crippen LogP contribution in [0.5, 0.6) is 0 Å². The van der Waals surface area contributed by atoms with Gasteiger partial charge < -0.3 is 10.1 Å². The predicted octanol–water partition coefficient (Wildman–Crippen LogP) is 6.07. The van der Waals surface area contributed by atoms with Crippen molar-refractivity contribution in [2.45, 2.75) is 69.6 Å². The zero-order chi connectivity index (χ0) is 25.1. The predicted molar refractivity (Wildman–Crippen MR) is 140 cm³/mol. The minimum atomic E-state index is -0.399. The topological polar surface area (TPSA) is 72.7 Å². The molecule has 6 nitrogen and oxygen atoms in total. The maximum Gasteiger partial charge on any atom is 0.315 e. The number of rotatable bonds is 9. The van der Waals surface area contributed by atoms with E-state index in [9.17, 15) is 9.59 Å². The lowest BCUT2D eigenvalue weighted by Crippen LogP contribution is -2.42. The van der Waals surface area contributed by atoms with Gasteiger partial charge in [0.2, 0.25) is 0 Å². The average molecular weight is 508 g/mol. The van der Waals surface area contributed by atoms with Crippen LogP contribution in [0.4, 0.5) is 0 Å². The lowest BCUT2D eigenvalue weighted by Gasteiger charge is -2.38. The van der Waals surface area contributed by atoms with Gasteiger partial charge in [-0.15, -0.1) is 0 Å². The van der Waals surface area contributed by atoms with Crippen molar-refractivity contribution in [3.8, 4) is 0 Å². The van der Waals surface area contributed by atoms with Gasteiger partial charge in [-0.25, -0.2) is 4.98 Å². The molecule has 5 rings (SSSR count). The first-order valence-electron chi connectivity index (χ1n) is 13.2. The maximum absolute atomic E-state index is 13.5. The largest absolute Gasteiger partial charge is 0.465 e. The highest BCUT2D eigenvalue weighted by Gasteiger charge is 2.35. The van der Waals surface area contributed by atoms with Crippen molar-refractivity contribution in [1.82, 2.24) is 14.7 Å². The molecule has 3 aromatic rings. The van der Waals surface area contributed by atoms with E-state index in [1.807, 2.05) is 43.5 Å². The van der Waals surface area contributed by atoms with Crippen molar-refractivity contribution < 1.29 is 14.3 Å². The van der Waals surface area contributed by atoms with Crippen LogP contribution in [0.3, 0.4) is 0 Å². The van der Waals surface area contributed by atoms with Crippen LogP contribution in [0.15, 0.2) is 48.7 Å². The molecular formula is C29H34ClN3O3. The van der Waals surface area contributed by atoms with E-state index in [4.69, 9.17) is 21.3 Å². The summed E-state index contributed by atoms with van der Waals surface area (Å²) in [5.74, 6) is -0.227. The summed E-state index contributed by atoms with van der Waals surface area (Å²) in [5.41, 5.74) is 2.99. The molecule has 0 aliphatic heterocycles. The van der Waals surface area contributed by atoms with Gasteiger partial charge in [0.15, 0.2) is 0 Å². The highest BCUT2D eigenvalue weighted by molar-refractivity contribution is 6.30. The summed E-state index contributed by atoms with van der Waals surface area (Å²) in [5, 5.41) is 3.95. The quantitative estimate of drug-likeness (QED) is 0.357. The van der Waals surface area contributed by atoms with Gasteiger partial charge in [-0.05, 0) is 61.9 Å². The summed E-state index contributed by atoms with van der Waals surface area (Å²) >= 11 is 6.14. The molecule has 36 heavy (non-hydrogen) atoms. The third-order valence-electron chi connectivity index (χ3n) is 7.79. The van der Waals surface area contributed by atoms with Crippen LogP contribution in [0.2, 0.25) is 5.02 Å². The number of pyridine rings is 1. The average Bonchev–Trinajstić information content (AvgIpc) is 3.62. The van der Waals surface area contributed by atoms with E-state index in [-0.39, 0.29) is 17.3 Å². The van der Waals surface area contributed by atoms with Crippen molar-refractivity contribution in [2.24, 2.45) is 5.92 Å². The molecule has 0 spiro atoms. The number of carbonyl (C=O) groups excluding carboxylic acids is 2. The SMILES string of the molecule is CCOC(=O)C(CC1CC1)c1cn2c(C(=O)NCC3(c4ccc(Cl)cc4)CCCCC3)cccc2n1. The maximum atomic E-state index is 13.5. The number of carbonyl (C=O) groups is 2. The molecule has 2 saturated carbocycles. The number of benzene rings is 1. The third kappa shape index (κ3) is 5.29. The number of hydrogen-bond acceptors (Lipinski definition) is 4. The van der Waals surface area contributed by atoms with Crippen LogP contribution < -0.4 is 5.32 Å². The molecule has 1 unspecified atom stereocenters. The molecule has 190 valence electrons. The number of aromatic nitrogens is 2. The minimum absolute atomic E-state index is 0.0915. The van der Waals surface area contributed by atoms with Gasteiger partial charge in [0.1, 0.15) is 17.3 Å². The fourth-order valence-electron chi connectivity index (χ4n) is 5.59. The Kier molecular flexibility index (Phi) is 7.33. The summed E-state index contributed by atoms with van der Waals surface area (Å²) in [7, 11) is 0. The Bertz CT molecular complexity index is 1230. The molecule has 2 fully saturated rings. The van der Waals surface area contributed by atoms with E-state index < -0.39 is 5.92 Å². The van der Waals surface area contributed by atoms with Crippen LogP contribution in [0.25, 0.3) is 5.65 Å². The Balaban J connectivity index is 1.38. The summed E-state index contributed by atoms with van der Waals surface area (Å²) in [6.07, 6.45) is 10.5. The Morgan fingerprint density at radius 3 is 2.58 bits per heavy atom. The smallest absolute Gasteiger partial charge is 0.315 e. The second-order valence-corrected chi connectivity index (χ2v) is 10.8. The first kappa shape index (κ1) is 24.8. The Morgan fingerprint density at radius 1 is 1.14 bits per heavy atom. The van der Waals surface area contributed by atoms with Crippen LogP contribution in [0.1, 0.15) is 86.0 Å². The molecule has 7 heteroatoms. The molecule has 1 atom stereocenters. The Hall–Kier alpha value is -2.86. The highest BCUT2D eigenvalue weighted by atomic mass is 35.5. The molecule has 0 saturated heterocycles. The van der Waals surface area contributed by atoms with Crippen LogP contribution in [0, 0.1) is 5.92 Å². The first-order valence-corrected chi connectivity index (χ1v) is 13.6. The molecule has 1 N–H and O–H groups in total. The highest BCUT2D eigenvalue weighted by Crippen LogP contribution is 2.40. The van der Waals surface area contributed by atoms with Gasteiger partial charge in [-0.3, -0.25) is 14.0 Å². The van der Waals surface area contributed by atoms with E-state index in [1.54, 1.807) is 4.40 Å². The summed E-state index contributed by atoms with van der Waals surface area (Å²) in [6, 6.07) is 13.6. The molecule has 2 aliphatic rings. The lowest BCUT2D eigenvalue weighted by molar-refractivity contribution is -0.145. The minimum Gasteiger partial charge on any atom is -0.465 e. The zero-order valence-electron chi connectivity index (χ0n) is 20.8. The lowest BCUT2D eigenvalue weighted by atomic mass is 9.69. The number of halogens is 1. The standard InChI is InChI=1S/C29H34ClN3O3/c1-2-36-28(35)23(17-20-9-10-20)24-18-33-25(7-6-8-26(33)32-24)27(34)31-19-29(15-4-3-5-16-29)21-11-13-22(30)14-12-21/h6-8,11-14,18,20,23H,2-5,9-10,15-17,19H2,1H3,(H,31,34). The van der Waals surface area contributed by atoms with Crippen molar-refractivity contribution in [3.05, 3.63) is 70.6 Å². The number of ether oxygens (including phenoxy) is 1. The van der Waals surface area contributed by atoms with E-state index in [1.165, 1.54) is 12.0 Å². The van der Waals surface area contributed by atoms with Gasteiger partial charge in [0, 0.05) is 23.2 Å². The molecule has 2 aromatic heterocycles. The zero-order valence-corrected chi connectivity index (χ0v) is 21.6. The second kappa shape index (κ2) is 10.6. The summed E-state index contributed by atoms with van der Waals surface area (Å²) in [6.45, 7) is 2.73. The van der Waals surface area contributed by atoms with Gasteiger partial charge in [-0.2, -0.15) is 0 Å². The van der Waals surface area contributed by atoms with Crippen molar-refractivity contribution in [1.29, 1.82) is 0 Å². The van der Waals surface area contributed by atoms with Crippen LogP contribution in [-0.2, 0) is 14.9 Å². The van der Waals surface area contributed by atoms with Gasteiger partial charge in [0.25, 0.3) is 5.91 Å². The third-order valence-corrected chi connectivity index (χ3v) is 8.04. The molecule has 2 heterocycles. The number of fused-ring (bicyclic) bond motifs is 1. The summed E-state index contributed by atoms with van der Waals surface area (Å²) in [4.78, 5) is 30.9. The van der Waals surface area contributed by atoms with Crippen LogP contribution >= 0.6 is 11.6 Å². The molecule has 1 amide bonds. The number of imidazole rings is 1. The second-order valence-electron chi connectivity index (χ2n) is 10.3. The van der Waals surface area contributed by atoms with E-state index >= 15 is 0 Å². The van der Waals surface area contributed by atoms with Gasteiger partial charge >= 0.3 is 5.97 Å². The van der Waals surface area contributed by atoms with E-state index in [0.29, 0.717) is 36.1 Å². The normalized spacial score (nSPS) is 18.1. The number of amides is 1. The molecule has 0 bridgehead atoms. The van der Waals surface area contributed by atoms with Crippen molar-refractivity contribution in [3.63, 3.8) is 0 Å². The Morgan fingerprint density at radius 2 is 1.89 bits per heavy atom. The first-order chi connectivity index (χ1) is 17.5.